The molecule has 0 fully saturated rings. The number of amides is 1. The van der Waals surface area contributed by atoms with Crippen LogP contribution in [0.25, 0.3) is 0 Å². The number of carbonyl (C=O) groups is 1. The second kappa shape index (κ2) is 5.54. The van der Waals surface area contributed by atoms with Gasteiger partial charge in [-0.1, -0.05) is 0 Å². The minimum atomic E-state index is -0.563. The number of nitrogens with two attached hydrogens (primary N) is 1. The van der Waals surface area contributed by atoms with Crippen molar-refractivity contribution in [3.8, 4) is 5.75 Å². The van der Waals surface area contributed by atoms with Crippen molar-refractivity contribution < 1.29 is 14.6 Å². The summed E-state index contributed by atoms with van der Waals surface area (Å²) in [6.45, 7) is 1.90. The molecule has 5 nitrogen and oxygen atoms in total. The first-order valence-corrected chi connectivity index (χ1v) is 5.32. The second-order valence-electron chi connectivity index (χ2n) is 4.03. The van der Waals surface area contributed by atoms with Crippen molar-refractivity contribution in [2.45, 2.75) is 13.0 Å². The Morgan fingerprint density at radius 1 is 1.53 bits per heavy atom. The minimum Gasteiger partial charge on any atom is -0.497 e. The molecule has 1 aromatic rings. The number of aliphatic hydroxyl groups is 1. The lowest BCUT2D eigenvalue weighted by Gasteiger charge is -2.19. The van der Waals surface area contributed by atoms with Crippen LogP contribution in [-0.4, -0.2) is 42.7 Å². The van der Waals surface area contributed by atoms with E-state index >= 15 is 0 Å². The van der Waals surface area contributed by atoms with Gasteiger partial charge < -0.3 is 20.5 Å². The molecule has 1 atom stereocenters. The second-order valence-corrected chi connectivity index (χ2v) is 4.03. The number of carbonyl (C=O) groups excluding carboxylic acids is 1. The fourth-order valence-corrected chi connectivity index (χ4v) is 1.56. The lowest BCUT2D eigenvalue weighted by Crippen LogP contribution is -2.33. The molecule has 0 bridgehead atoms. The Bertz CT molecular complexity index is 405. The van der Waals surface area contributed by atoms with Gasteiger partial charge in [-0.3, -0.25) is 4.79 Å². The van der Waals surface area contributed by atoms with E-state index in [-0.39, 0.29) is 12.5 Å². The zero-order valence-corrected chi connectivity index (χ0v) is 10.3. The summed E-state index contributed by atoms with van der Waals surface area (Å²) in [6, 6.07) is 4.85. The predicted octanol–water partition coefficient (Wildman–Crippen LogP) is 0.730. The number of benzene rings is 1. The first kappa shape index (κ1) is 13.3. The molecule has 0 saturated carbocycles. The van der Waals surface area contributed by atoms with E-state index in [0.717, 1.165) is 0 Å². The normalized spacial score (nSPS) is 12.0. The molecule has 1 aromatic carbocycles. The van der Waals surface area contributed by atoms with Gasteiger partial charge in [-0.15, -0.1) is 0 Å². The third kappa shape index (κ3) is 3.64. The van der Waals surface area contributed by atoms with E-state index in [9.17, 15) is 9.90 Å². The summed E-state index contributed by atoms with van der Waals surface area (Å²) in [7, 11) is 3.15. The highest BCUT2D eigenvalue weighted by atomic mass is 16.5. The number of likely N-dealkylation sites (N-methyl/N-ethyl adjacent to an activating group) is 1. The van der Waals surface area contributed by atoms with Crippen molar-refractivity contribution in [2.75, 3.05) is 26.4 Å². The molecule has 3 N–H and O–H groups in total. The van der Waals surface area contributed by atoms with Gasteiger partial charge in [0.2, 0.25) is 0 Å². The Labute approximate surface area is 101 Å². The van der Waals surface area contributed by atoms with Crippen molar-refractivity contribution in [3.63, 3.8) is 0 Å². The van der Waals surface area contributed by atoms with Crippen LogP contribution in [0.3, 0.4) is 0 Å². The number of hydrogen-bond donors (Lipinski definition) is 2. The number of rotatable bonds is 4. The number of nitrogens with zero attached hydrogens (tertiary/aromatic N) is 1. The number of aliphatic hydroxyl groups excluding tert-OH is 1. The van der Waals surface area contributed by atoms with E-state index in [1.54, 1.807) is 32.2 Å². The molecular weight excluding hydrogens is 220 g/mol. The molecular formula is C12H18N2O3. The van der Waals surface area contributed by atoms with Crippen molar-refractivity contribution in [1.82, 2.24) is 4.90 Å². The molecule has 1 amide bonds. The SMILES string of the molecule is COc1cc(N)cc(C(=O)N(C)CC(C)O)c1. The summed E-state index contributed by atoms with van der Waals surface area (Å²) < 4.78 is 5.05. The van der Waals surface area contributed by atoms with Crippen LogP contribution >= 0.6 is 0 Å². The van der Waals surface area contributed by atoms with Crippen molar-refractivity contribution >= 4 is 11.6 Å². The third-order valence-electron chi connectivity index (χ3n) is 2.30. The van der Waals surface area contributed by atoms with E-state index in [1.807, 2.05) is 0 Å². The molecule has 0 heterocycles. The molecule has 94 valence electrons. The Morgan fingerprint density at radius 2 is 2.18 bits per heavy atom. The lowest BCUT2D eigenvalue weighted by molar-refractivity contribution is 0.0703. The van der Waals surface area contributed by atoms with Crippen LogP contribution in [0.5, 0.6) is 5.75 Å². The molecule has 0 aliphatic heterocycles. The van der Waals surface area contributed by atoms with Gasteiger partial charge in [0.25, 0.3) is 5.91 Å². The molecule has 0 radical (unpaired) electrons. The molecule has 1 rings (SSSR count). The molecule has 0 aromatic heterocycles. The zero-order chi connectivity index (χ0) is 13.0. The molecule has 0 aliphatic rings. The van der Waals surface area contributed by atoms with Crippen molar-refractivity contribution in [1.29, 1.82) is 0 Å². The first-order valence-electron chi connectivity index (χ1n) is 5.32. The molecule has 5 heteroatoms. The zero-order valence-electron chi connectivity index (χ0n) is 10.3. The monoisotopic (exact) mass is 238 g/mol. The Balaban J connectivity index is 2.91. The summed E-state index contributed by atoms with van der Waals surface area (Å²) in [5.41, 5.74) is 6.59. The number of anilines is 1. The molecule has 0 aliphatic carbocycles. The fraction of sp³-hybridized carbons (Fsp3) is 0.417. The van der Waals surface area contributed by atoms with Gasteiger partial charge >= 0.3 is 0 Å². The van der Waals surface area contributed by atoms with Gasteiger partial charge in [0, 0.05) is 30.9 Å². The Morgan fingerprint density at radius 3 is 2.71 bits per heavy atom. The van der Waals surface area contributed by atoms with Crippen LogP contribution in [0, 0.1) is 0 Å². The van der Waals surface area contributed by atoms with Crippen LogP contribution in [0.4, 0.5) is 5.69 Å². The van der Waals surface area contributed by atoms with Crippen LogP contribution in [0.15, 0.2) is 18.2 Å². The summed E-state index contributed by atoms with van der Waals surface area (Å²) in [6.07, 6.45) is -0.563. The maximum atomic E-state index is 12.0. The molecule has 1 unspecified atom stereocenters. The highest BCUT2D eigenvalue weighted by Crippen LogP contribution is 2.19. The Hall–Kier alpha value is -1.75. The predicted molar refractivity (Wildman–Crippen MR) is 66.0 cm³/mol. The molecule has 17 heavy (non-hydrogen) atoms. The van der Waals surface area contributed by atoms with Crippen LogP contribution < -0.4 is 10.5 Å². The van der Waals surface area contributed by atoms with Gasteiger partial charge in [0.1, 0.15) is 5.75 Å². The number of ether oxygens (including phenoxy) is 1. The van der Waals surface area contributed by atoms with E-state index in [4.69, 9.17) is 10.5 Å². The Kier molecular flexibility index (Phi) is 4.34. The first-order chi connectivity index (χ1) is 7.93. The van der Waals surface area contributed by atoms with Gasteiger partial charge in [0.15, 0.2) is 0 Å². The summed E-state index contributed by atoms with van der Waals surface area (Å²) in [5.74, 6) is 0.343. The lowest BCUT2D eigenvalue weighted by atomic mass is 10.1. The standard InChI is InChI=1S/C12H18N2O3/c1-8(15)7-14(2)12(16)9-4-10(13)6-11(5-9)17-3/h4-6,8,15H,7,13H2,1-3H3. The smallest absolute Gasteiger partial charge is 0.253 e. The van der Waals surface area contributed by atoms with Crippen molar-refractivity contribution in [2.24, 2.45) is 0 Å². The highest BCUT2D eigenvalue weighted by molar-refractivity contribution is 5.95. The van der Waals surface area contributed by atoms with Crippen molar-refractivity contribution in [3.05, 3.63) is 23.8 Å². The van der Waals surface area contributed by atoms with Gasteiger partial charge in [-0.2, -0.15) is 0 Å². The third-order valence-corrected chi connectivity index (χ3v) is 2.30. The van der Waals surface area contributed by atoms with Gasteiger partial charge in [-0.25, -0.2) is 0 Å². The topological polar surface area (TPSA) is 75.8 Å². The van der Waals surface area contributed by atoms with Crippen LogP contribution in [0.1, 0.15) is 17.3 Å². The minimum absolute atomic E-state index is 0.198. The van der Waals surface area contributed by atoms with Crippen LogP contribution in [-0.2, 0) is 0 Å². The summed E-state index contributed by atoms with van der Waals surface area (Å²) >= 11 is 0. The van der Waals surface area contributed by atoms with Gasteiger partial charge in [0.05, 0.1) is 13.2 Å². The maximum absolute atomic E-state index is 12.0. The number of nitrogen functional groups attached to an aromatic ring is 1. The quantitative estimate of drug-likeness (QED) is 0.758. The van der Waals surface area contributed by atoms with Gasteiger partial charge in [-0.05, 0) is 19.1 Å². The average molecular weight is 238 g/mol. The molecule has 0 saturated heterocycles. The molecule has 0 spiro atoms. The fourth-order valence-electron chi connectivity index (χ4n) is 1.56. The highest BCUT2D eigenvalue weighted by Gasteiger charge is 2.14. The number of hydrogen-bond acceptors (Lipinski definition) is 4. The largest absolute Gasteiger partial charge is 0.497 e. The van der Waals surface area contributed by atoms with E-state index < -0.39 is 6.10 Å². The summed E-state index contributed by atoms with van der Waals surface area (Å²) in [4.78, 5) is 13.4. The van der Waals surface area contributed by atoms with E-state index in [2.05, 4.69) is 0 Å². The average Bonchev–Trinajstić information content (AvgIpc) is 2.26. The maximum Gasteiger partial charge on any atom is 0.253 e. The number of methoxy groups -OCH3 is 1. The van der Waals surface area contributed by atoms with E-state index in [1.165, 1.54) is 12.0 Å². The van der Waals surface area contributed by atoms with E-state index in [0.29, 0.717) is 17.0 Å². The van der Waals surface area contributed by atoms with Crippen LogP contribution in [0.2, 0.25) is 0 Å². The summed E-state index contributed by atoms with van der Waals surface area (Å²) in [5, 5.41) is 9.23.